The Morgan fingerprint density at radius 2 is 2.17 bits per heavy atom. The van der Waals surface area contributed by atoms with Crippen molar-refractivity contribution in [3.05, 3.63) is 29.6 Å². The number of piperidine rings is 1. The van der Waals surface area contributed by atoms with E-state index < -0.39 is 17.7 Å². The first kappa shape index (κ1) is 17.2. The lowest BCUT2D eigenvalue weighted by molar-refractivity contribution is -0.00192. The molecule has 1 aliphatic heterocycles. The summed E-state index contributed by atoms with van der Waals surface area (Å²) in [5.41, 5.74) is 1.61. The van der Waals surface area contributed by atoms with Gasteiger partial charge in [0.2, 0.25) is 0 Å². The Hall–Kier alpha value is -1.66. The fourth-order valence-corrected chi connectivity index (χ4v) is 4.26. The number of aromatic nitrogens is 1. The SMILES string of the molecule is CC(C)(C)N(C(=O)O)[C@@H]1CCCN([C@H]2c3ncccc3C[C@@H]2O)C1. The molecule has 2 heterocycles. The van der Waals surface area contributed by atoms with E-state index in [9.17, 15) is 15.0 Å². The van der Waals surface area contributed by atoms with E-state index in [2.05, 4.69) is 9.88 Å². The van der Waals surface area contributed by atoms with Crippen LogP contribution in [0.4, 0.5) is 4.79 Å². The number of amides is 1. The van der Waals surface area contributed by atoms with Crippen LogP contribution in [0.15, 0.2) is 18.3 Å². The number of likely N-dealkylation sites (tertiary alicyclic amines) is 1. The van der Waals surface area contributed by atoms with E-state index in [1.807, 2.05) is 32.9 Å². The highest BCUT2D eigenvalue weighted by Gasteiger charge is 2.41. The Balaban J connectivity index is 1.82. The van der Waals surface area contributed by atoms with E-state index in [1.165, 1.54) is 0 Å². The summed E-state index contributed by atoms with van der Waals surface area (Å²) in [5.74, 6) is 0. The van der Waals surface area contributed by atoms with Crippen molar-refractivity contribution in [3.63, 3.8) is 0 Å². The number of hydrogen-bond acceptors (Lipinski definition) is 4. The van der Waals surface area contributed by atoms with Gasteiger partial charge in [-0.1, -0.05) is 6.07 Å². The molecule has 0 radical (unpaired) electrons. The average Bonchev–Trinajstić information content (AvgIpc) is 2.81. The van der Waals surface area contributed by atoms with E-state index in [0.717, 1.165) is 30.6 Å². The Labute approximate surface area is 143 Å². The molecule has 3 atom stereocenters. The van der Waals surface area contributed by atoms with Gasteiger partial charge in [-0.05, 0) is 51.8 Å². The quantitative estimate of drug-likeness (QED) is 0.868. The molecule has 0 aromatic carbocycles. The molecule has 3 rings (SSSR count). The number of pyridine rings is 1. The summed E-state index contributed by atoms with van der Waals surface area (Å²) in [4.78, 5) is 20.1. The number of carboxylic acid groups (broad SMARTS) is 1. The summed E-state index contributed by atoms with van der Waals surface area (Å²) in [6.07, 6.45) is 2.83. The van der Waals surface area contributed by atoms with Crippen LogP contribution in [0.5, 0.6) is 0 Å². The summed E-state index contributed by atoms with van der Waals surface area (Å²) in [6.45, 7) is 7.30. The highest BCUT2D eigenvalue weighted by atomic mass is 16.4. The molecule has 2 N–H and O–H groups in total. The van der Waals surface area contributed by atoms with Crippen molar-refractivity contribution in [1.82, 2.24) is 14.8 Å². The molecule has 1 fully saturated rings. The zero-order chi connectivity index (χ0) is 17.5. The van der Waals surface area contributed by atoms with Crippen LogP contribution in [0, 0.1) is 0 Å². The lowest BCUT2D eigenvalue weighted by Crippen LogP contribution is -2.57. The molecule has 1 aliphatic carbocycles. The molecular formula is C18H27N3O3. The van der Waals surface area contributed by atoms with E-state index in [4.69, 9.17) is 0 Å². The minimum absolute atomic E-state index is 0.0591. The summed E-state index contributed by atoms with van der Waals surface area (Å²) >= 11 is 0. The third-order valence-electron chi connectivity index (χ3n) is 5.12. The maximum absolute atomic E-state index is 11.8. The van der Waals surface area contributed by atoms with Crippen molar-refractivity contribution < 1.29 is 15.0 Å². The van der Waals surface area contributed by atoms with Crippen molar-refractivity contribution in [3.8, 4) is 0 Å². The Kier molecular flexibility index (Phi) is 4.53. The van der Waals surface area contributed by atoms with Gasteiger partial charge in [-0.15, -0.1) is 0 Å². The minimum Gasteiger partial charge on any atom is -0.465 e. The molecule has 1 saturated heterocycles. The number of nitrogens with zero attached hydrogens (tertiary/aromatic N) is 3. The summed E-state index contributed by atoms with van der Waals surface area (Å²) < 4.78 is 0. The van der Waals surface area contributed by atoms with Gasteiger partial charge in [0.15, 0.2) is 0 Å². The Bertz CT molecular complexity index is 614. The molecule has 0 spiro atoms. The van der Waals surface area contributed by atoms with Gasteiger partial charge >= 0.3 is 6.09 Å². The van der Waals surface area contributed by atoms with Crippen molar-refractivity contribution >= 4 is 6.09 Å². The normalized spacial score (nSPS) is 27.8. The second-order valence-electron chi connectivity index (χ2n) is 7.88. The van der Waals surface area contributed by atoms with Gasteiger partial charge in [0, 0.05) is 30.7 Å². The van der Waals surface area contributed by atoms with Crippen LogP contribution >= 0.6 is 0 Å². The molecule has 0 bridgehead atoms. The number of hydrogen-bond donors (Lipinski definition) is 2. The summed E-state index contributed by atoms with van der Waals surface area (Å²) in [5, 5.41) is 20.2. The minimum atomic E-state index is -0.875. The number of carbonyl (C=O) groups is 1. The van der Waals surface area contributed by atoms with Crippen LogP contribution in [-0.2, 0) is 6.42 Å². The van der Waals surface area contributed by atoms with Crippen molar-refractivity contribution in [2.75, 3.05) is 13.1 Å². The van der Waals surface area contributed by atoms with Crippen LogP contribution < -0.4 is 0 Å². The highest BCUT2D eigenvalue weighted by Crippen LogP contribution is 2.37. The zero-order valence-electron chi connectivity index (χ0n) is 14.6. The molecule has 6 heteroatoms. The predicted molar refractivity (Wildman–Crippen MR) is 90.9 cm³/mol. The second-order valence-corrected chi connectivity index (χ2v) is 7.88. The smallest absolute Gasteiger partial charge is 0.408 e. The van der Waals surface area contributed by atoms with Gasteiger partial charge in [-0.2, -0.15) is 0 Å². The molecule has 0 unspecified atom stereocenters. The molecule has 24 heavy (non-hydrogen) atoms. The van der Waals surface area contributed by atoms with E-state index in [1.54, 1.807) is 11.1 Å². The molecular weight excluding hydrogens is 306 g/mol. The molecule has 6 nitrogen and oxygen atoms in total. The van der Waals surface area contributed by atoms with Crippen LogP contribution in [0.1, 0.15) is 50.9 Å². The lowest BCUT2D eigenvalue weighted by Gasteiger charge is -2.45. The molecule has 2 aliphatic rings. The van der Waals surface area contributed by atoms with Crippen LogP contribution in [0.25, 0.3) is 0 Å². The fraction of sp³-hybridized carbons (Fsp3) is 0.667. The molecule has 1 amide bonds. The van der Waals surface area contributed by atoms with Crippen LogP contribution in [0.2, 0.25) is 0 Å². The predicted octanol–water partition coefficient (Wildman–Crippen LogP) is 2.28. The van der Waals surface area contributed by atoms with E-state index >= 15 is 0 Å². The van der Waals surface area contributed by atoms with Gasteiger partial charge in [0.1, 0.15) is 0 Å². The Morgan fingerprint density at radius 1 is 1.42 bits per heavy atom. The average molecular weight is 333 g/mol. The summed E-state index contributed by atoms with van der Waals surface area (Å²) in [6, 6.07) is 3.74. The van der Waals surface area contributed by atoms with Crippen molar-refractivity contribution in [2.24, 2.45) is 0 Å². The zero-order valence-corrected chi connectivity index (χ0v) is 14.6. The van der Waals surface area contributed by atoms with Crippen molar-refractivity contribution in [1.29, 1.82) is 0 Å². The van der Waals surface area contributed by atoms with Gasteiger partial charge in [0.05, 0.1) is 17.8 Å². The summed E-state index contributed by atoms with van der Waals surface area (Å²) in [7, 11) is 0. The van der Waals surface area contributed by atoms with E-state index in [0.29, 0.717) is 13.0 Å². The standard InChI is InChI=1S/C18H27N3O3/c1-18(2,3)21(17(23)24)13-7-5-9-20(11-13)16-14(22)10-12-6-4-8-19-15(12)16/h4,6,8,13-14,16,22H,5,7,9-11H2,1-3H3,(H,23,24)/t13-,14+,16-/m1/s1. The fourth-order valence-electron chi connectivity index (χ4n) is 4.26. The van der Waals surface area contributed by atoms with Gasteiger partial charge in [0.25, 0.3) is 0 Å². The molecule has 1 aromatic rings. The first-order valence-electron chi connectivity index (χ1n) is 8.67. The molecule has 132 valence electrons. The topological polar surface area (TPSA) is 76.9 Å². The van der Waals surface area contributed by atoms with Gasteiger partial charge in [-0.3, -0.25) is 14.8 Å². The number of aliphatic hydroxyl groups is 1. The van der Waals surface area contributed by atoms with Crippen LogP contribution in [-0.4, -0.2) is 61.9 Å². The maximum atomic E-state index is 11.8. The number of aliphatic hydroxyl groups excluding tert-OH is 1. The molecule has 1 aromatic heterocycles. The number of fused-ring (bicyclic) bond motifs is 1. The monoisotopic (exact) mass is 333 g/mol. The lowest BCUT2D eigenvalue weighted by atomic mass is 9.96. The van der Waals surface area contributed by atoms with Gasteiger partial charge in [-0.25, -0.2) is 4.79 Å². The van der Waals surface area contributed by atoms with Gasteiger partial charge < -0.3 is 10.2 Å². The number of rotatable bonds is 2. The largest absolute Gasteiger partial charge is 0.465 e. The van der Waals surface area contributed by atoms with Crippen molar-refractivity contribution in [2.45, 2.75) is 63.8 Å². The van der Waals surface area contributed by atoms with Crippen LogP contribution in [0.3, 0.4) is 0 Å². The third-order valence-corrected chi connectivity index (χ3v) is 5.12. The third kappa shape index (κ3) is 3.13. The Morgan fingerprint density at radius 3 is 2.83 bits per heavy atom. The highest BCUT2D eigenvalue weighted by molar-refractivity contribution is 5.66. The first-order chi connectivity index (χ1) is 11.3. The second kappa shape index (κ2) is 6.33. The van der Waals surface area contributed by atoms with E-state index in [-0.39, 0.29) is 12.1 Å². The maximum Gasteiger partial charge on any atom is 0.408 e. The molecule has 0 saturated carbocycles. The first-order valence-corrected chi connectivity index (χ1v) is 8.67.